The first-order chi connectivity index (χ1) is 15.6. The molecule has 0 spiro atoms. The highest BCUT2D eigenvalue weighted by atomic mass is 19.1. The van der Waals surface area contributed by atoms with Gasteiger partial charge in [0.1, 0.15) is 11.7 Å². The molecule has 7 heteroatoms. The van der Waals surface area contributed by atoms with Crippen LogP contribution in [-0.4, -0.2) is 28.0 Å². The summed E-state index contributed by atoms with van der Waals surface area (Å²) >= 11 is 0. The van der Waals surface area contributed by atoms with Gasteiger partial charge in [-0.1, -0.05) is 6.07 Å². The lowest BCUT2D eigenvalue weighted by molar-refractivity contribution is 0.256. The monoisotopic (exact) mass is 429 g/mol. The molecule has 32 heavy (non-hydrogen) atoms. The summed E-state index contributed by atoms with van der Waals surface area (Å²) in [5, 5.41) is 5.60. The van der Waals surface area contributed by atoms with E-state index in [-0.39, 0.29) is 11.8 Å². The van der Waals surface area contributed by atoms with Gasteiger partial charge in [-0.3, -0.25) is 10.3 Å². The highest BCUT2D eigenvalue weighted by molar-refractivity contribution is 6.12. The van der Waals surface area contributed by atoms with Gasteiger partial charge in [0, 0.05) is 24.1 Å². The zero-order chi connectivity index (χ0) is 22.1. The summed E-state index contributed by atoms with van der Waals surface area (Å²) < 4.78 is 15.2. The van der Waals surface area contributed by atoms with Crippen molar-refractivity contribution in [3.05, 3.63) is 82.7 Å². The van der Waals surface area contributed by atoms with E-state index in [0.29, 0.717) is 18.1 Å². The number of aliphatic imine (C=N–C) groups is 1. The van der Waals surface area contributed by atoms with Crippen molar-refractivity contribution in [3.63, 3.8) is 0 Å². The van der Waals surface area contributed by atoms with Gasteiger partial charge in [-0.2, -0.15) is 0 Å². The number of aryl methyl sites for hydroxylation is 1. The Balaban J connectivity index is 1.36. The van der Waals surface area contributed by atoms with Crippen molar-refractivity contribution >= 4 is 23.6 Å². The Labute approximate surface area is 185 Å². The summed E-state index contributed by atoms with van der Waals surface area (Å²) in [7, 11) is 0. The average Bonchev–Trinajstić information content (AvgIpc) is 3.18. The van der Waals surface area contributed by atoms with Crippen molar-refractivity contribution in [3.8, 4) is 5.69 Å². The molecule has 1 aliphatic carbocycles. The first kappa shape index (κ1) is 20.2. The zero-order valence-electron chi connectivity index (χ0n) is 17.9. The zero-order valence-corrected chi connectivity index (χ0v) is 17.9. The number of halogens is 1. The molecule has 1 aliphatic heterocycles. The van der Waals surface area contributed by atoms with Crippen molar-refractivity contribution in [2.45, 2.75) is 32.6 Å². The van der Waals surface area contributed by atoms with E-state index in [2.05, 4.69) is 43.4 Å². The summed E-state index contributed by atoms with van der Waals surface area (Å²) in [5.74, 6) is 0.252. The molecule has 162 valence electrons. The molecule has 2 aromatic carbocycles. The molecule has 2 heterocycles. The number of nitrogens with one attached hydrogen (secondary N) is 2. The summed E-state index contributed by atoms with van der Waals surface area (Å²) in [5.41, 5.74) is 7.61. The Hall–Kier alpha value is -3.74. The summed E-state index contributed by atoms with van der Waals surface area (Å²) in [6.07, 6.45) is 9.95. The second kappa shape index (κ2) is 8.42. The molecule has 0 fully saturated rings. The van der Waals surface area contributed by atoms with Crippen LogP contribution >= 0.6 is 0 Å². The summed E-state index contributed by atoms with van der Waals surface area (Å²) in [6, 6.07) is 9.56. The number of aromatic nitrogens is 2. The number of amides is 2. The van der Waals surface area contributed by atoms with E-state index < -0.39 is 0 Å². The van der Waals surface area contributed by atoms with E-state index in [0.717, 1.165) is 37.0 Å². The van der Waals surface area contributed by atoms with Crippen LogP contribution in [0.3, 0.4) is 0 Å². The number of amidine groups is 1. The molecule has 0 bridgehead atoms. The van der Waals surface area contributed by atoms with Crippen molar-refractivity contribution in [2.24, 2.45) is 4.99 Å². The molecular formula is C25H24FN5O. The molecule has 0 saturated heterocycles. The fraction of sp³-hybridized carbons (Fsp3) is 0.240. The number of hydrogen-bond donors (Lipinski definition) is 2. The highest BCUT2D eigenvalue weighted by Crippen LogP contribution is 2.34. The molecule has 2 N–H and O–H groups in total. The number of rotatable bonds is 3. The molecule has 6 nitrogen and oxygen atoms in total. The van der Waals surface area contributed by atoms with Crippen LogP contribution in [0.25, 0.3) is 11.8 Å². The van der Waals surface area contributed by atoms with Crippen LogP contribution in [-0.2, 0) is 12.8 Å². The van der Waals surface area contributed by atoms with Crippen LogP contribution in [0, 0.1) is 12.7 Å². The molecule has 0 radical (unpaired) electrons. The van der Waals surface area contributed by atoms with Gasteiger partial charge in [0.2, 0.25) is 0 Å². The normalized spacial score (nSPS) is 16.2. The largest absolute Gasteiger partial charge is 0.324 e. The lowest BCUT2D eigenvalue weighted by atomic mass is 9.82. The molecule has 2 aliphatic rings. The number of nitrogens with zero attached hydrogens (tertiary/aromatic N) is 3. The van der Waals surface area contributed by atoms with E-state index in [1.54, 1.807) is 0 Å². The maximum Gasteiger partial charge on any atom is 0.324 e. The van der Waals surface area contributed by atoms with E-state index in [1.165, 1.54) is 46.6 Å². The smallest absolute Gasteiger partial charge is 0.308 e. The third-order valence-electron chi connectivity index (χ3n) is 5.90. The average molecular weight is 429 g/mol. The van der Waals surface area contributed by atoms with Crippen LogP contribution in [0.1, 0.15) is 35.2 Å². The Morgan fingerprint density at radius 2 is 1.88 bits per heavy atom. The van der Waals surface area contributed by atoms with Gasteiger partial charge in [0.15, 0.2) is 0 Å². The van der Waals surface area contributed by atoms with Gasteiger partial charge >= 0.3 is 6.03 Å². The second-order valence-corrected chi connectivity index (χ2v) is 8.14. The van der Waals surface area contributed by atoms with Crippen LogP contribution in [0.2, 0.25) is 0 Å². The third-order valence-corrected chi connectivity index (χ3v) is 5.90. The van der Waals surface area contributed by atoms with E-state index >= 15 is 0 Å². The number of imidazole rings is 1. The van der Waals surface area contributed by atoms with E-state index in [9.17, 15) is 9.18 Å². The van der Waals surface area contributed by atoms with E-state index in [4.69, 9.17) is 0 Å². The third kappa shape index (κ3) is 4.06. The molecule has 2 amide bonds. The van der Waals surface area contributed by atoms with Gasteiger partial charge in [-0.15, -0.1) is 0 Å². The predicted octanol–water partition coefficient (Wildman–Crippen LogP) is 4.82. The Morgan fingerprint density at radius 3 is 2.59 bits per heavy atom. The standard InChI is InChI=1S/C25H24FN5O/c1-16-14-31(15-28-16)23-11-4-17(21-9-10-22(21)23)13-18-3-2-12-27-24(18)30-25(32)29-20-7-5-19(26)6-8-20/h4-8,11,13-15H,2-3,9-10,12H2,1H3,(H2,27,29,30,32). The minimum atomic E-state index is -0.387. The van der Waals surface area contributed by atoms with Gasteiger partial charge in [-0.05, 0) is 91.3 Å². The van der Waals surface area contributed by atoms with Gasteiger partial charge in [0.25, 0.3) is 0 Å². The lowest BCUT2D eigenvalue weighted by Crippen LogP contribution is -2.36. The van der Waals surface area contributed by atoms with Crippen molar-refractivity contribution in [1.82, 2.24) is 14.9 Å². The van der Waals surface area contributed by atoms with Crippen LogP contribution in [0.4, 0.5) is 14.9 Å². The lowest BCUT2D eigenvalue weighted by Gasteiger charge is -2.26. The van der Waals surface area contributed by atoms with Crippen LogP contribution < -0.4 is 10.6 Å². The number of fused-ring (bicyclic) bond motifs is 1. The molecule has 0 saturated carbocycles. The number of benzene rings is 2. The quantitative estimate of drug-likeness (QED) is 0.627. The summed E-state index contributed by atoms with van der Waals surface area (Å²) in [4.78, 5) is 21.4. The topological polar surface area (TPSA) is 71.3 Å². The maximum absolute atomic E-state index is 13.1. The van der Waals surface area contributed by atoms with Crippen molar-refractivity contribution in [1.29, 1.82) is 0 Å². The van der Waals surface area contributed by atoms with Gasteiger partial charge < -0.3 is 9.88 Å². The predicted molar refractivity (Wildman–Crippen MR) is 124 cm³/mol. The van der Waals surface area contributed by atoms with Crippen LogP contribution in [0.5, 0.6) is 0 Å². The number of carbonyl (C=O) groups is 1. The molecular weight excluding hydrogens is 405 g/mol. The Morgan fingerprint density at radius 1 is 1.06 bits per heavy atom. The molecule has 5 rings (SSSR count). The fourth-order valence-electron chi connectivity index (χ4n) is 4.21. The molecule has 1 aromatic heterocycles. The number of urea groups is 1. The van der Waals surface area contributed by atoms with Gasteiger partial charge in [-0.25, -0.2) is 14.2 Å². The van der Waals surface area contributed by atoms with Crippen LogP contribution in [0.15, 0.2) is 59.5 Å². The minimum absolute atomic E-state index is 0.344. The molecule has 3 aromatic rings. The number of anilines is 1. The summed E-state index contributed by atoms with van der Waals surface area (Å²) in [6.45, 7) is 2.67. The highest BCUT2D eigenvalue weighted by Gasteiger charge is 2.22. The SMILES string of the molecule is Cc1cn(-c2ccc(C=C3CCCN=C3NC(=O)Nc3ccc(F)cc3)c3c2CC3)cn1. The molecule has 0 unspecified atom stereocenters. The first-order valence-electron chi connectivity index (χ1n) is 10.8. The Bertz CT molecular complexity index is 1240. The Kier molecular flexibility index (Phi) is 5.31. The molecule has 0 atom stereocenters. The van der Waals surface area contributed by atoms with Crippen molar-refractivity contribution < 1.29 is 9.18 Å². The minimum Gasteiger partial charge on any atom is -0.308 e. The number of hydrogen-bond acceptors (Lipinski definition) is 3. The second-order valence-electron chi connectivity index (χ2n) is 8.14. The van der Waals surface area contributed by atoms with Crippen molar-refractivity contribution in [2.75, 3.05) is 11.9 Å². The maximum atomic E-state index is 13.1. The first-order valence-corrected chi connectivity index (χ1v) is 10.8. The van der Waals surface area contributed by atoms with E-state index in [1.807, 2.05) is 19.4 Å². The van der Waals surface area contributed by atoms with Gasteiger partial charge in [0.05, 0.1) is 12.0 Å². The number of carbonyl (C=O) groups excluding carboxylic acids is 1. The fourth-order valence-corrected chi connectivity index (χ4v) is 4.21.